The van der Waals surface area contributed by atoms with Gasteiger partial charge >= 0.3 is 0 Å². The maximum absolute atomic E-state index is 9.60. The first kappa shape index (κ1) is 27.9. The molecule has 0 fully saturated rings. The summed E-state index contributed by atoms with van der Waals surface area (Å²) in [5, 5.41) is 9.60. The topological polar surface area (TPSA) is 62.7 Å². The molecule has 2 aromatic heterocycles. The van der Waals surface area contributed by atoms with Gasteiger partial charge in [-0.3, -0.25) is 4.98 Å². The van der Waals surface area contributed by atoms with Gasteiger partial charge in [-0.25, -0.2) is 4.98 Å². The molecule has 0 radical (unpaired) electrons. The maximum Gasteiger partial charge on any atom is 0.227 e. The highest BCUT2D eigenvalue weighted by atomic mass is 16.3. The summed E-state index contributed by atoms with van der Waals surface area (Å²) in [5.41, 5.74) is 13.8. The summed E-state index contributed by atoms with van der Waals surface area (Å²) < 4.78 is 6.37. The third-order valence-electron chi connectivity index (χ3n) is 8.52. The summed E-state index contributed by atoms with van der Waals surface area (Å²) in [6.07, 6.45) is 3.67. The van der Waals surface area contributed by atoms with Gasteiger partial charge in [-0.1, -0.05) is 115 Å². The highest BCUT2D eigenvalue weighted by Crippen LogP contribution is 2.40. The molecule has 0 saturated heterocycles. The molecular weight excluding hydrogens is 574 g/mol. The number of fused-ring (bicyclic) bond motifs is 1. The van der Waals surface area contributed by atoms with Gasteiger partial charge in [0.25, 0.3) is 0 Å². The average Bonchev–Trinajstić information content (AvgIpc) is 3.60. The number of oxazole rings is 1. The van der Waals surface area contributed by atoms with E-state index in [2.05, 4.69) is 108 Å². The van der Waals surface area contributed by atoms with Crippen LogP contribution in [-0.4, -0.2) is 9.97 Å². The molecule has 0 aliphatic carbocycles. The predicted molar refractivity (Wildman–Crippen MR) is 189 cm³/mol. The van der Waals surface area contributed by atoms with Crippen LogP contribution in [0.1, 0.15) is 5.56 Å². The second-order valence-electron chi connectivity index (χ2n) is 11.4. The van der Waals surface area contributed by atoms with E-state index < -0.39 is 0 Å². The van der Waals surface area contributed by atoms with Gasteiger partial charge in [0.15, 0.2) is 5.58 Å². The molecule has 47 heavy (non-hydrogen) atoms. The van der Waals surface area contributed by atoms with Crippen molar-refractivity contribution in [1.82, 2.24) is 9.97 Å². The normalized spacial score (nSPS) is 11.0. The van der Waals surface area contributed by atoms with Crippen LogP contribution in [-0.2, 0) is 0 Å². The smallest absolute Gasteiger partial charge is 0.227 e. The first-order valence-electron chi connectivity index (χ1n) is 15.5. The lowest BCUT2D eigenvalue weighted by molar-refractivity contribution is 0.620. The van der Waals surface area contributed by atoms with Gasteiger partial charge in [0.05, 0.1) is 11.6 Å². The van der Waals surface area contributed by atoms with Gasteiger partial charge in [0.2, 0.25) is 5.89 Å². The summed E-state index contributed by atoms with van der Waals surface area (Å²) in [4.78, 5) is 9.31. The third kappa shape index (κ3) is 5.37. The van der Waals surface area contributed by atoms with Crippen molar-refractivity contribution < 1.29 is 4.42 Å². The van der Waals surface area contributed by atoms with Crippen molar-refractivity contribution in [2.45, 2.75) is 0 Å². The van der Waals surface area contributed by atoms with E-state index in [-0.39, 0.29) is 0 Å². The highest BCUT2D eigenvalue weighted by molar-refractivity contribution is 6.01. The highest BCUT2D eigenvalue weighted by Gasteiger charge is 2.18. The number of aromatic nitrogens is 2. The first-order valence-corrected chi connectivity index (χ1v) is 15.5. The number of benzene rings is 6. The van der Waals surface area contributed by atoms with E-state index in [9.17, 15) is 5.26 Å². The van der Waals surface area contributed by atoms with Crippen molar-refractivity contribution in [3.8, 4) is 73.2 Å². The number of rotatable bonds is 6. The van der Waals surface area contributed by atoms with Crippen LogP contribution in [0.3, 0.4) is 0 Å². The second-order valence-corrected chi connectivity index (χ2v) is 11.4. The lowest BCUT2D eigenvalue weighted by Gasteiger charge is -2.12. The number of nitrogens with zero attached hydrogens (tertiary/aromatic N) is 3. The molecule has 0 spiro atoms. The fourth-order valence-electron chi connectivity index (χ4n) is 6.11. The van der Waals surface area contributed by atoms with E-state index in [0.29, 0.717) is 11.5 Å². The Bertz CT molecular complexity index is 2370. The largest absolute Gasteiger partial charge is 0.436 e. The fourth-order valence-corrected chi connectivity index (χ4v) is 6.11. The van der Waals surface area contributed by atoms with Crippen LogP contribution in [0.15, 0.2) is 168 Å². The van der Waals surface area contributed by atoms with E-state index in [1.807, 2.05) is 60.8 Å². The van der Waals surface area contributed by atoms with Gasteiger partial charge in [0, 0.05) is 23.5 Å². The Balaban J connectivity index is 1.15. The Morgan fingerprint density at radius 1 is 0.468 bits per heavy atom. The van der Waals surface area contributed by atoms with E-state index >= 15 is 0 Å². The van der Waals surface area contributed by atoms with Crippen molar-refractivity contribution in [3.05, 3.63) is 170 Å². The molecule has 6 aromatic carbocycles. The Labute approximate surface area is 272 Å². The van der Waals surface area contributed by atoms with Gasteiger partial charge in [0.1, 0.15) is 5.52 Å². The van der Waals surface area contributed by atoms with Crippen LogP contribution in [0.5, 0.6) is 0 Å². The van der Waals surface area contributed by atoms with Crippen LogP contribution < -0.4 is 0 Å². The van der Waals surface area contributed by atoms with E-state index in [0.717, 1.165) is 72.3 Å². The Morgan fingerprint density at radius 3 is 1.70 bits per heavy atom. The molecule has 0 bridgehead atoms. The van der Waals surface area contributed by atoms with Crippen LogP contribution in [0.4, 0.5) is 0 Å². The van der Waals surface area contributed by atoms with Gasteiger partial charge in [-0.2, -0.15) is 5.26 Å². The third-order valence-corrected chi connectivity index (χ3v) is 8.52. The van der Waals surface area contributed by atoms with Crippen molar-refractivity contribution >= 4 is 11.1 Å². The molecule has 0 amide bonds. The molecule has 0 saturated carbocycles. The monoisotopic (exact) mass is 601 g/mol. The summed E-state index contributed by atoms with van der Waals surface area (Å²) in [6.45, 7) is 0. The summed E-state index contributed by atoms with van der Waals surface area (Å²) in [5.74, 6) is 0.580. The molecule has 0 aliphatic heterocycles. The molecule has 4 nitrogen and oxygen atoms in total. The van der Waals surface area contributed by atoms with Crippen molar-refractivity contribution in [2.75, 3.05) is 0 Å². The minimum Gasteiger partial charge on any atom is -0.436 e. The Morgan fingerprint density at radius 2 is 1.04 bits per heavy atom. The molecule has 0 unspecified atom stereocenters. The SMILES string of the molecule is N#Cc1ccccc1-c1ccc(-c2ccc3oc(-c4ccc(-c5ccc(-c6cccnc6)cc5)cc4)nc3c2-c2ccccc2)cc1. The quantitative estimate of drug-likeness (QED) is 0.190. The molecule has 8 rings (SSSR count). The zero-order valence-electron chi connectivity index (χ0n) is 25.3. The Kier molecular flexibility index (Phi) is 7.18. The number of pyridine rings is 1. The predicted octanol–water partition coefficient (Wildman–Crippen LogP) is 11.1. The first-order chi connectivity index (χ1) is 23.2. The minimum atomic E-state index is 0.580. The molecule has 0 atom stereocenters. The number of hydrogen-bond donors (Lipinski definition) is 0. The molecule has 0 aliphatic rings. The van der Waals surface area contributed by atoms with Crippen molar-refractivity contribution in [1.29, 1.82) is 5.26 Å². The molecule has 0 N–H and O–H groups in total. The van der Waals surface area contributed by atoms with Crippen LogP contribution in [0, 0.1) is 11.3 Å². The van der Waals surface area contributed by atoms with E-state index in [4.69, 9.17) is 9.40 Å². The van der Waals surface area contributed by atoms with Gasteiger partial charge in [-0.15, -0.1) is 0 Å². The van der Waals surface area contributed by atoms with Gasteiger partial charge in [-0.05, 0) is 86.5 Å². The molecule has 220 valence electrons. The summed E-state index contributed by atoms with van der Waals surface area (Å²) >= 11 is 0. The summed E-state index contributed by atoms with van der Waals surface area (Å²) in [7, 11) is 0. The number of hydrogen-bond acceptors (Lipinski definition) is 4. The zero-order valence-corrected chi connectivity index (χ0v) is 25.3. The maximum atomic E-state index is 9.60. The fraction of sp³-hybridized carbons (Fsp3) is 0. The second kappa shape index (κ2) is 12.1. The average molecular weight is 602 g/mol. The Hall–Kier alpha value is -6.57. The number of nitriles is 1. The molecule has 4 heteroatoms. The van der Waals surface area contributed by atoms with E-state index in [1.165, 1.54) is 0 Å². The lowest BCUT2D eigenvalue weighted by atomic mass is 9.92. The summed E-state index contributed by atoms with van der Waals surface area (Å²) in [6, 6.07) is 53.7. The van der Waals surface area contributed by atoms with Crippen LogP contribution in [0.25, 0.3) is 78.2 Å². The standard InChI is InChI=1S/C43H27N3O/c44-27-36-9-4-5-11-38(36)32-18-20-33(21-19-32)39-24-25-40-42(41(39)34-7-2-1-3-8-34)46-43(47-40)35-22-16-30(17-23-35)29-12-14-31(15-13-29)37-10-6-26-45-28-37/h1-26,28H. The molecular formula is C43H27N3O. The molecule has 2 heterocycles. The van der Waals surface area contributed by atoms with E-state index in [1.54, 1.807) is 6.20 Å². The lowest BCUT2D eigenvalue weighted by Crippen LogP contribution is -1.89. The van der Waals surface area contributed by atoms with Crippen LogP contribution >= 0.6 is 0 Å². The van der Waals surface area contributed by atoms with Crippen molar-refractivity contribution in [3.63, 3.8) is 0 Å². The van der Waals surface area contributed by atoms with Crippen LogP contribution in [0.2, 0.25) is 0 Å². The zero-order chi connectivity index (χ0) is 31.6. The minimum absolute atomic E-state index is 0.580. The van der Waals surface area contributed by atoms with Crippen molar-refractivity contribution in [2.24, 2.45) is 0 Å². The van der Waals surface area contributed by atoms with Gasteiger partial charge < -0.3 is 4.42 Å². The molecule has 8 aromatic rings.